The van der Waals surface area contributed by atoms with E-state index in [0.29, 0.717) is 51.4 Å². The van der Waals surface area contributed by atoms with Crippen LogP contribution in [-0.2, 0) is 16.0 Å². The molecule has 6 heteroatoms. The van der Waals surface area contributed by atoms with Crippen molar-refractivity contribution in [3.8, 4) is 5.75 Å². The number of benzene rings is 1. The molecule has 1 fully saturated rings. The van der Waals surface area contributed by atoms with Gasteiger partial charge >= 0.3 is 0 Å². The van der Waals surface area contributed by atoms with Crippen molar-refractivity contribution in [2.45, 2.75) is 71.3 Å². The number of carbonyl (C=O) groups excluding carboxylic acids is 2. The van der Waals surface area contributed by atoms with Crippen molar-refractivity contribution in [2.75, 3.05) is 26.2 Å². The van der Waals surface area contributed by atoms with Gasteiger partial charge in [0.25, 0.3) is 0 Å². The molecule has 1 aromatic carbocycles. The van der Waals surface area contributed by atoms with Crippen LogP contribution in [0.3, 0.4) is 0 Å². The van der Waals surface area contributed by atoms with Crippen molar-refractivity contribution in [1.82, 2.24) is 10.2 Å². The van der Waals surface area contributed by atoms with E-state index in [1.165, 1.54) is 5.56 Å². The number of piperidine rings is 1. The van der Waals surface area contributed by atoms with Gasteiger partial charge in [-0.3, -0.25) is 9.59 Å². The van der Waals surface area contributed by atoms with E-state index in [-0.39, 0.29) is 17.2 Å². The second kappa shape index (κ2) is 11.0. The monoisotopic (exact) mass is 429 g/mol. The molecule has 2 amide bonds. The Bertz CT molecular complexity index is 741. The van der Waals surface area contributed by atoms with Crippen LogP contribution >= 0.6 is 0 Å². The molecule has 0 radical (unpaired) electrons. The summed E-state index contributed by atoms with van der Waals surface area (Å²) in [6.07, 6.45) is 6.75. The number of amides is 2. The maximum Gasteiger partial charge on any atom is 0.239 e. The predicted octanol–water partition coefficient (Wildman–Crippen LogP) is 3.28. The van der Waals surface area contributed by atoms with E-state index >= 15 is 0 Å². The summed E-state index contributed by atoms with van der Waals surface area (Å²) in [5.41, 5.74) is 7.00. The lowest BCUT2D eigenvalue weighted by Crippen LogP contribution is -2.53. The number of carbonyl (C=O) groups is 2. The number of nitrogens with one attached hydrogen (secondary N) is 1. The van der Waals surface area contributed by atoms with Gasteiger partial charge < -0.3 is 20.7 Å². The van der Waals surface area contributed by atoms with Gasteiger partial charge in [0.05, 0.1) is 18.1 Å². The number of likely N-dealkylation sites (tertiary alicyclic amines) is 1. The molecular formula is C25H39N3O3. The highest BCUT2D eigenvalue weighted by Crippen LogP contribution is 2.38. The molecule has 3 rings (SSSR count). The third-order valence-corrected chi connectivity index (χ3v) is 6.74. The largest absolute Gasteiger partial charge is 0.493 e. The first-order valence-corrected chi connectivity index (χ1v) is 11.9. The van der Waals surface area contributed by atoms with Crippen LogP contribution in [0.15, 0.2) is 24.3 Å². The molecule has 6 nitrogen and oxygen atoms in total. The number of fused-ring (bicyclic) bond motifs is 1. The maximum atomic E-state index is 13.2. The summed E-state index contributed by atoms with van der Waals surface area (Å²) in [6, 6.07) is 7.80. The molecule has 0 bridgehead atoms. The minimum Gasteiger partial charge on any atom is -0.493 e. The number of nitrogens with two attached hydrogens (primary N) is 1. The SMILES string of the molecule is CC(C)C[C@H](N)C(=O)N1CCC2(CCCCc3ccccc3OCCCNC2=O)CC1. The smallest absolute Gasteiger partial charge is 0.239 e. The summed E-state index contributed by atoms with van der Waals surface area (Å²) in [5.74, 6) is 1.53. The van der Waals surface area contributed by atoms with Gasteiger partial charge in [0.2, 0.25) is 11.8 Å². The Balaban J connectivity index is 1.63. The van der Waals surface area contributed by atoms with Crippen molar-refractivity contribution in [1.29, 1.82) is 0 Å². The number of ether oxygens (including phenoxy) is 1. The average molecular weight is 430 g/mol. The van der Waals surface area contributed by atoms with Gasteiger partial charge in [-0.2, -0.15) is 0 Å². The van der Waals surface area contributed by atoms with E-state index in [0.717, 1.165) is 37.9 Å². The quantitative estimate of drug-likeness (QED) is 0.772. The zero-order valence-corrected chi connectivity index (χ0v) is 19.2. The topological polar surface area (TPSA) is 84.7 Å². The summed E-state index contributed by atoms with van der Waals surface area (Å²) < 4.78 is 5.96. The Labute approximate surface area is 186 Å². The molecule has 31 heavy (non-hydrogen) atoms. The second-order valence-electron chi connectivity index (χ2n) is 9.61. The van der Waals surface area contributed by atoms with Crippen LogP contribution in [0.2, 0.25) is 0 Å². The number of rotatable bonds is 3. The fourth-order valence-electron chi connectivity index (χ4n) is 4.86. The van der Waals surface area contributed by atoms with Crippen LogP contribution in [0, 0.1) is 11.3 Å². The van der Waals surface area contributed by atoms with Crippen molar-refractivity contribution < 1.29 is 14.3 Å². The third kappa shape index (κ3) is 6.22. The van der Waals surface area contributed by atoms with Gasteiger partial charge in [0.1, 0.15) is 5.75 Å². The van der Waals surface area contributed by atoms with Crippen LogP contribution in [0.5, 0.6) is 5.75 Å². The second-order valence-corrected chi connectivity index (χ2v) is 9.61. The van der Waals surface area contributed by atoms with Gasteiger partial charge in [0, 0.05) is 19.6 Å². The number of para-hydroxylation sites is 1. The molecule has 1 atom stereocenters. The fourth-order valence-corrected chi connectivity index (χ4v) is 4.86. The average Bonchev–Trinajstić information content (AvgIpc) is 2.77. The highest BCUT2D eigenvalue weighted by atomic mass is 16.5. The Morgan fingerprint density at radius 3 is 2.65 bits per heavy atom. The first-order chi connectivity index (χ1) is 14.9. The molecule has 0 saturated carbocycles. The minimum absolute atomic E-state index is 0.0300. The predicted molar refractivity (Wildman–Crippen MR) is 123 cm³/mol. The molecule has 1 aromatic rings. The van der Waals surface area contributed by atoms with Crippen molar-refractivity contribution in [3.63, 3.8) is 0 Å². The lowest BCUT2D eigenvalue weighted by Gasteiger charge is -2.41. The first-order valence-electron chi connectivity index (χ1n) is 11.9. The van der Waals surface area contributed by atoms with E-state index in [9.17, 15) is 9.59 Å². The summed E-state index contributed by atoms with van der Waals surface area (Å²) in [7, 11) is 0. The van der Waals surface area contributed by atoms with Crippen molar-refractivity contribution >= 4 is 11.8 Å². The molecule has 0 aromatic heterocycles. The first kappa shape index (κ1) is 23.6. The lowest BCUT2D eigenvalue weighted by atomic mass is 9.73. The number of hydrogen-bond acceptors (Lipinski definition) is 4. The molecule has 2 heterocycles. The van der Waals surface area contributed by atoms with E-state index in [4.69, 9.17) is 10.5 Å². The van der Waals surface area contributed by atoms with Gasteiger partial charge in [-0.05, 0) is 62.5 Å². The standard InChI is InChI=1S/C25H39N3O3/c1-19(2)18-21(26)23(29)28-15-12-25(13-16-28)11-6-5-9-20-8-3-4-10-22(20)31-17-7-14-27-24(25)30/h3-4,8,10,19,21H,5-7,9,11-18,26H2,1-2H3,(H,27,30)/t21-/m0/s1. The Morgan fingerprint density at radius 1 is 1.16 bits per heavy atom. The highest BCUT2D eigenvalue weighted by molar-refractivity contribution is 5.84. The number of nitrogens with zero attached hydrogens (tertiary/aromatic N) is 1. The highest BCUT2D eigenvalue weighted by Gasteiger charge is 2.42. The maximum absolute atomic E-state index is 13.2. The van der Waals surface area contributed by atoms with Crippen LogP contribution in [-0.4, -0.2) is 49.0 Å². The summed E-state index contributed by atoms with van der Waals surface area (Å²) in [5, 5.41) is 3.15. The Hall–Kier alpha value is -2.08. The molecule has 1 saturated heterocycles. The van der Waals surface area contributed by atoms with Gasteiger partial charge in [-0.25, -0.2) is 0 Å². The normalized spacial score (nSPS) is 21.2. The van der Waals surface area contributed by atoms with Crippen molar-refractivity contribution in [3.05, 3.63) is 29.8 Å². The summed E-state index contributed by atoms with van der Waals surface area (Å²) in [6.45, 7) is 6.61. The zero-order chi connectivity index (χ0) is 22.3. The Morgan fingerprint density at radius 2 is 1.90 bits per heavy atom. The van der Waals surface area contributed by atoms with E-state index in [2.05, 4.69) is 31.3 Å². The van der Waals surface area contributed by atoms with Gasteiger partial charge in [-0.1, -0.05) is 38.5 Å². The molecule has 0 unspecified atom stereocenters. The van der Waals surface area contributed by atoms with Crippen LogP contribution < -0.4 is 15.8 Å². The van der Waals surface area contributed by atoms with E-state index in [1.807, 2.05) is 17.0 Å². The molecule has 2 aliphatic rings. The minimum atomic E-state index is -0.442. The van der Waals surface area contributed by atoms with E-state index < -0.39 is 6.04 Å². The van der Waals surface area contributed by atoms with Crippen LogP contribution in [0.4, 0.5) is 0 Å². The van der Waals surface area contributed by atoms with Crippen molar-refractivity contribution in [2.24, 2.45) is 17.1 Å². The molecule has 3 N–H and O–H groups in total. The number of hydrogen-bond donors (Lipinski definition) is 2. The fraction of sp³-hybridized carbons (Fsp3) is 0.680. The molecule has 2 aliphatic heterocycles. The number of aryl methyl sites for hydroxylation is 1. The molecular weight excluding hydrogens is 390 g/mol. The summed E-state index contributed by atoms with van der Waals surface area (Å²) >= 11 is 0. The van der Waals surface area contributed by atoms with Crippen LogP contribution in [0.1, 0.15) is 64.4 Å². The lowest BCUT2D eigenvalue weighted by molar-refractivity contribution is -0.142. The van der Waals surface area contributed by atoms with Crippen LogP contribution in [0.25, 0.3) is 0 Å². The molecule has 1 spiro atoms. The molecule has 172 valence electrons. The third-order valence-electron chi connectivity index (χ3n) is 6.74. The molecule has 0 aliphatic carbocycles. The van der Waals surface area contributed by atoms with Gasteiger partial charge in [-0.15, -0.1) is 0 Å². The van der Waals surface area contributed by atoms with Gasteiger partial charge in [0.15, 0.2) is 0 Å². The van der Waals surface area contributed by atoms with E-state index in [1.54, 1.807) is 0 Å². The Kier molecular flexibility index (Phi) is 8.35. The zero-order valence-electron chi connectivity index (χ0n) is 19.2. The summed E-state index contributed by atoms with van der Waals surface area (Å²) in [4.78, 5) is 27.8.